The van der Waals surface area contributed by atoms with E-state index in [1.807, 2.05) is 0 Å². The summed E-state index contributed by atoms with van der Waals surface area (Å²) in [6.45, 7) is 2.36. The molecule has 1 aromatic rings. The van der Waals surface area contributed by atoms with Crippen LogP contribution in [0.1, 0.15) is 70.3 Å². The molecule has 0 heterocycles. The molecule has 0 spiro atoms. The standard InChI is InChI=1S/C22H33F3Si/c1-2-26-19-11-9-18(10-12-19)17-7-5-15(6-8-17)3-4-16-13-20(23)22(25)21(24)14-16/h13-15,17-19H,2-12,26H2,1H3/t15-,17-,18-,19-. The zero-order chi connectivity index (χ0) is 18.5. The summed E-state index contributed by atoms with van der Waals surface area (Å²) < 4.78 is 39.7. The van der Waals surface area contributed by atoms with Crippen molar-refractivity contribution in [1.82, 2.24) is 0 Å². The Hall–Kier alpha value is -0.773. The average molecular weight is 383 g/mol. The van der Waals surface area contributed by atoms with Crippen molar-refractivity contribution < 1.29 is 13.2 Å². The van der Waals surface area contributed by atoms with Gasteiger partial charge < -0.3 is 0 Å². The van der Waals surface area contributed by atoms with E-state index in [0.717, 1.165) is 35.9 Å². The lowest BCUT2D eigenvalue weighted by Gasteiger charge is -2.38. The van der Waals surface area contributed by atoms with Crippen LogP contribution >= 0.6 is 0 Å². The third-order valence-electron chi connectivity index (χ3n) is 7.03. The second-order valence-corrected chi connectivity index (χ2v) is 11.5. The van der Waals surface area contributed by atoms with Crippen LogP contribution < -0.4 is 0 Å². The summed E-state index contributed by atoms with van der Waals surface area (Å²) in [4.78, 5) is 0. The van der Waals surface area contributed by atoms with Gasteiger partial charge in [0.25, 0.3) is 0 Å². The van der Waals surface area contributed by atoms with Crippen LogP contribution in [0.2, 0.25) is 11.6 Å². The Morgan fingerprint density at radius 3 is 1.92 bits per heavy atom. The molecule has 0 bridgehead atoms. The molecule has 2 aliphatic rings. The van der Waals surface area contributed by atoms with Crippen LogP contribution in [0.15, 0.2) is 12.1 Å². The monoisotopic (exact) mass is 382 g/mol. The first kappa shape index (κ1) is 20.0. The van der Waals surface area contributed by atoms with Gasteiger partial charge in [-0.05, 0) is 61.1 Å². The van der Waals surface area contributed by atoms with Crippen molar-refractivity contribution in [2.45, 2.75) is 82.7 Å². The predicted octanol–water partition coefficient (Wildman–Crippen LogP) is 6.43. The molecule has 2 saturated carbocycles. The Kier molecular flexibility index (Phi) is 7.25. The molecule has 0 aromatic heterocycles. The average Bonchev–Trinajstić information content (AvgIpc) is 2.66. The first-order valence-electron chi connectivity index (χ1n) is 10.7. The van der Waals surface area contributed by atoms with Crippen LogP contribution in [0.5, 0.6) is 0 Å². The van der Waals surface area contributed by atoms with Gasteiger partial charge in [-0.25, -0.2) is 13.2 Å². The van der Waals surface area contributed by atoms with Gasteiger partial charge in [-0.15, -0.1) is 0 Å². The van der Waals surface area contributed by atoms with E-state index >= 15 is 0 Å². The molecule has 3 rings (SSSR count). The molecular weight excluding hydrogens is 349 g/mol. The highest BCUT2D eigenvalue weighted by molar-refractivity contribution is 6.37. The van der Waals surface area contributed by atoms with Crippen LogP contribution in [0.3, 0.4) is 0 Å². The predicted molar refractivity (Wildman–Crippen MR) is 105 cm³/mol. The fourth-order valence-electron chi connectivity index (χ4n) is 5.43. The number of halogens is 3. The van der Waals surface area contributed by atoms with Gasteiger partial charge in [-0.3, -0.25) is 0 Å². The van der Waals surface area contributed by atoms with E-state index in [9.17, 15) is 13.2 Å². The van der Waals surface area contributed by atoms with Gasteiger partial charge in [0.05, 0.1) is 0 Å². The second-order valence-electron chi connectivity index (χ2n) is 8.76. The lowest BCUT2D eigenvalue weighted by Crippen LogP contribution is -2.25. The van der Waals surface area contributed by atoms with Crippen molar-refractivity contribution in [3.63, 3.8) is 0 Å². The van der Waals surface area contributed by atoms with Gasteiger partial charge in [0.1, 0.15) is 0 Å². The normalized spacial score (nSPS) is 30.2. The summed E-state index contributed by atoms with van der Waals surface area (Å²) in [5.41, 5.74) is 1.70. The molecule has 0 N–H and O–H groups in total. The maximum Gasteiger partial charge on any atom is 0.194 e. The van der Waals surface area contributed by atoms with E-state index in [2.05, 4.69) is 6.92 Å². The Balaban J connectivity index is 1.40. The van der Waals surface area contributed by atoms with Crippen molar-refractivity contribution >= 4 is 9.52 Å². The minimum atomic E-state index is -1.36. The van der Waals surface area contributed by atoms with Gasteiger partial charge in [-0.2, -0.15) is 0 Å². The first-order chi connectivity index (χ1) is 12.6. The summed E-state index contributed by atoms with van der Waals surface area (Å²) >= 11 is 0. The number of rotatable bonds is 6. The highest BCUT2D eigenvalue weighted by Gasteiger charge is 2.30. The second kappa shape index (κ2) is 9.43. The highest BCUT2D eigenvalue weighted by Crippen LogP contribution is 2.43. The molecular formula is C22H33F3Si. The molecule has 0 radical (unpaired) electrons. The van der Waals surface area contributed by atoms with E-state index in [4.69, 9.17) is 0 Å². The Morgan fingerprint density at radius 2 is 1.38 bits per heavy atom. The summed E-state index contributed by atoms with van der Waals surface area (Å²) in [6.07, 6.45) is 12.7. The molecule has 0 atom stereocenters. The molecule has 2 fully saturated rings. The number of hydrogen-bond donors (Lipinski definition) is 0. The van der Waals surface area contributed by atoms with E-state index < -0.39 is 17.5 Å². The topological polar surface area (TPSA) is 0 Å². The molecule has 2 aliphatic carbocycles. The molecule has 0 nitrogen and oxygen atoms in total. The third-order valence-corrected chi connectivity index (χ3v) is 9.24. The summed E-state index contributed by atoms with van der Waals surface area (Å²) in [6, 6.07) is 3.77. The number of benzene rings is 1. The van der Waals surface area contributed by atoms with E-state index in [0.29, 0.717) is 17.9 Å². The Bertz CT molecular complexity index is 550. The van der Waals surface area contributed by atoms with Crippen molar-refractivity contribution in [3.8, 4) is 0 Å². The zero-order valence-corrected chi connectivity index (χ0v) is 17.5. The van der Waals surface area contributed by atoms with E-state index in [1.165, 1.54) is 57.4 Å². The molecule has 4 heteroatoms. The number of aryl methyl sites for hydroxylation is 1. The third kappa shape index (κ3) is 5.14. The van der Waals surface area contributed by atoms with Gasteiger partial charge in [-0.1, -0.05) is 57.0 Å². The lowest BCUT2D eigenvalue weighted by molar-refractivity contribution is 0.163. The highest BCUT2D eigenvalue weighted by atomic mass is 28.2. The summed E-state index contributed by atoms with van der Waals surface area (Å²) in [5.74, 6) is -0.956. The van der Waals surface area contributed by atoms with Crippen LogP contribution in [-0.4, -0.2) is 9.52 Å². The van der Waals surface area contributed by atoms with E-state index in [1.54, 1.807) is 0 Å². The maximum absolute atomic E-state index is 13.3. The van der Waals surface area contributed by atoms with Crippen LogP contribution in [0.4, 0.5) is 13.2 Å². The van der Waals surface area contributed by atoms with E-state index in [-0.39, 0.29) is 9.52 Å². The lowest BCUT2D eigenvalue weighted by atomic mass is 9.70. The first-order valence-corrected chi connectivity index (χ1v) is 12.5. The molecule has 26 heavy (non-hydrogen) atoms. The Labute approximate surface area is 158 Å². The molecule has 1 aromatic carbocycles. The molecule has 0 aliphatic heterocycles. The molecule has 146 valence electrons. The molecule has 0 amide bonds. The maximum atomic E-state index is 13.3. The van der Waals surface area contributed by atoms with Crippen LogP contribution in [0, 0.1) is 35.2 Å². The van der Waals surface area contributed by atoms with Gasteiger partial charge in [0.2, 0.25) is 0 Å². The van der Waals surface area contributed by atoms with Crippen LogP contribution in [0.25, 0.3) is 0 Å². The van der Waals surface area contributed by atoms with Crippen molar-refractivity contribution in [2.24, 2.45) is 17.8 Å². The van der Waals surface area contributed by atoms with Crippen molar-refractivity contribution in [1.29, 1.82) is 0 Å². The van der Waals surface area contributed by atoms with Gasteiger partial charge >= 0.3 is 0 Å². The Morgan fingerprint density at radius 1 is 0.846 bits per heavy atom. The smallest absolute Gasteiger partial charge is 0.194 e. The van der Waals surface area contributed by atoms with Crippen LogP contribution in [-0.2, 0) is 6.42 Å². The quantitative estimate of drug-likeness (QED) is 0.393. The fraction of sp³-hybridized carbons (Fsp3) is 0.727. The minimum Gasteiger partial charge on any atom is -0.204 e. The number of hydrogen-bond acceptors (Lipinski definition) is 0. The molecule has 0 unspecified atom stereocenters. The fourth-order valence-corrected chi connectivity index (χ4v) is 7.29. The zero-order valence-electron chi connectivity index (χ0n) is 16.1. The largest absolute Gasteiger partial charge is 0.204 e. The minimum absolute atomic E-state index is 0.198. The molecule has 0 saturated heterocycles. The SMILES string of the molecule is CC[SiH2][C@H]1CC[C@H]([C@H]2CC[C@H](CCc3cc(F)c(F)c(F)c3)CC2)CC1. The summed E-state index contributed by atoms with van der Waals surface area (Å²) in [5, 5.41) is 0. The summed E-state index contributed by atoms with van der Waals surface area (Å²) in [7, 11) is 0.198. The van der Waals surface area contributed by atoms with Gasteiger partial charge in [0, 0.05) is 9.52 Å². The van der Waals surface area contributed by atoms with Crippen molar-refractivity contribution in [2.75, 3.05) is 0 Å². The van der Waals surface area contributed by atoms with Crippen molar-refractivity contribution in [3.05, 3.63) is 35.1 Å². The van der Waals surface area contributed by atoms with Gasteiger partial charge in [0.15, 0.2) is 17.5 Å².